The molecule has 3 N–H and O–H groups in total. The molecule has 0 aromatic heterocycles. The van der Waals surface area contributed by atoms with Gasteiger partial charge in [-0.2, -0.15) is 61.1 Å². The summed E-state index contributed by atoms with van der Waals surface area (Å²) in [5.74, 6) is -9.35. The fourth-order valence-electron chi connectivity index (χ4n) is 9.13. The fourth-order valence-corrected chi connectivity index (χ4v) is 9.77. The van der Waals surface area contributed by atoms with Crippen molar-refractivity contribution in [1.82, 2.24) is 0 Å². The van der Waals surface area contributed by atoms with Gasteiger partial charge in [0.1, 0.15) is 17.5 Å². The minimum absolute atomic E-state index is 0.0113. The second kappa shape index (κ2) is 17.3. The Labute approximate surface area is 350 Å². The highest BCUT2D eigenvalue weighted by Gasteiger charge is 2.75. The van der Waals surface area contributed by atoms with Gasteiger partial charge in [0.2, 0.25) is 6.10 Å². The Bertz CT molecular complexity index is 1720. The van der Waals surface area contributed by atoms with Gasteiger partial charge in [0.15, 0.2) is 5.60 Å². The molecule has 5 rings (SSSR count). The van der Waals surface area contributed by atoms with Crippen molar-refractivity contribution < 1.29 is 104 Å². The summed E-state index contributed by atoms with van der Waals surface area (Å²) < 4.78 is 206. The molecule has 5 aliphatic rings. The first-order valence-electron chi connectivity index (χ1n) is 19.8. The Hall–Kier alpha value is -2.60. The molecule has 5 aliphatic carbocycles. The second-order valence-electron chi connectivity index (χ2n) is 19.0. The molecule has 5 saturated carbocycles. The van der Waals surface area contributed by atoms with Gasteiger partial charge in [-0.25, -0.2) is 0 Å². The maximum absolute atomic E-state index is 13.3. The Kier molecular flexibility index (Phi) is 15.0. The third-order valence-corrected chi connectivity index (χ3v) is 14.1. The SMILES string of the molecule is CCC(C)(C)C(=O)OC12CC3CC(C1)CC(C(=O)OC(CS(=O)(=O)O)C(F)(F)F)(C3)C2.CCC(C)(C)C(=O)OC1CC(C(C)(O)C(F)(F)F)CC(C(O)(C(F)(F)F)C(F)(F)F)C1. The molecule has 0 aromatic rings. The number of ether oxygens (including phenoxy) is 3. The number of alkyl halides is 12. The molecule has 62 heavy (non-hydrogen) atoms. The van der Waals surface area contributed by atoms with Crippen molar-refractivity contribution in [2.24, 2.45) is 39.9 Å². The average Bonchev–Trinajstić information content (AvgIpc) is 3.07. The van der Waals surface area contributed by atoms with Crippen molar-refractivity contribution in [2.75, 3.05) is 5.75 Å². The molecule has 7 unspecified atom stereocenters. The Morgan fingerprint density at radius 2 is 1.13 bits per heavy atom. The summed E-state index contributed by atoms with van der Waals surface area (Å²) in [5.41, 5.74) is -13.2. The zero-order chi connectivity index (χ0) is 48.3. The molecule has 0 aromatic carbocycles. The van der Waals surface area contributed by atoms with Crippen molar-refractivity contribution in [2.45, 2.75) is 173 Å². The number of hydrogen-bond acceptors (Lipinski definition) is 10. The van der Waals surface area contributed by atoms with Crippen molar-refractivity contribution in [3.05, 3.63) is 0 Å². The van der Waals surface area contributed by atoms with E-state index < -0.39 is 135 Å². The van der Waals surface area contributed by atoms with Crippen molar-refractivity contribution in [3.8, 4) is 0 Å². The van der Waals surface area contributed by atoms with Crippen molar-refractivity contribution in [3.63, 3.8) is 0 Å². The number of carbonyl (C=O) groups excluding carboxylic acids is 3. The lowest BCUT2D eigenvalue weighted by atomic mass is 9.48. The van der Waals surface area contributed by atoms with E-state index in [1.807, 2.05) is 6.92 Å². The molecule has 5 fully saturated rings. The lowest BCUT2D eigenvalue weighted by Gasteiger charge is -2.60. The number of halogens is 12. The van der Waals surface area contributed by atoms with Crippen LogP contribution < -0.4 is 0 Å². The average molecular weight is 947 g/mol. The standard InChI is InChI=1S/C20H29F3O7S.C18H25F9O4/c1-4-17(2,3)15(24)30-19-8-12-5-13(9-19)7-18(6-12,11-19)16(25)29-14(20(21,22)23)10-31(26,27)28;1-5-13(2,3)12(28)31-11-7-9(14(4,29)16(19,20)21)6-10(8-11)15(30,17(22,23)24)18(25,26)27/h12-14H,4-11H2,1-3H3,(H,26,27,28);9-11,29-30H,5-8H2,1-4H3. The van der Waals surface area contributed by atoms with Crippen LogP contribution in [0.15, 0.2) is 0 Å². The molecule has 4 bridgehead atoms. The molecule has 11 nitrogen and oxygen atoms in total. The van der Waals surface area contributed by atoms with Crippen LogP contribution in [0.3, 0.4) is 0 Å². The molecule has 0 heterocycles. The van der Waals surface area contributed by atoms with Crippen LogP contribution in [0.25, 0.3) is 0 Å². The molecule has 24 heteroatoms. The van der Waals surface area contributed by atoms with Crippen LogP contribution in [0, 0.1) is 39.9 Å². The second-order valence-corrected chi connectivity index (χ2v) is 20.5. The maximum Gasteiger partial charge on any atom is 0.426 e. The lowest BCUT2D eigenvalue weighted by molar-refractivity contribution is -0.391. The number of rotatable bonds is 12. The van der Waals surface area contributed by atoms with Gasteiger partial charge in [-0.3, -0.25) is 18.9 Å². The molecular formula is C38H54F12O11S. The van der Waals surface area contributed by atoms with E-state index in [4.69, 9.17) is 14.0 Å². The van der Waals surface area contributed by atoms with E-state index in [-0.39, 0.29) is 31.6 Å². The molecule has 0 aliphatic heterocycles. The minimum Gasteiger partial charge on any atom is -0.462 e. The van der Waals surface area contributed by atoms with Gasteiger partial charge in [0, 0.05) is 18.3 Å². The molecule has 0 saturated heterocycles. The van der Waals surface area contributed by atoms with Gasteiger partial charge in [0.25, 0.3) is 15.7 Å². The smallest absolute Gasteiger partial charge is 0.426 e. The van der Waals surface area contributed by atoms with Gasteiger partial charge in [0.05, 0.1) is 16.2 Å². The van der Waals surface area contributed by atoms with Crippen LogP contribution in [0.4, 0.5) is 52.7 Å². The van der Waals surface area contributed by atoms with Crippen LogP contribution >= 0.6 is 0 Å². The van der Waals surface area contributed by atoms with E-state index in [2.05, 4.69) is 4.74 Å². The first-order valence-corrected chi connectivity index (χ1v) is 21.4. The fraction of sp³-hybridized carbons (Fsp3) is 0.921. The maximum atomic E-state index is 13.3. The lowest BCUT2D eigenvalue weighted by Crippen LogP contribution is -2.64. The van der Waals surface area contributed by atoms with Crippen LogP contribution in [0.2, 0.25) is 0 Å². The van der Waals surface area contributed by atoms with Crippen molar-refractivity contribution >= 4 is 28.0 Å². The molecule has 0 radical (unpaired) electrons. The topological polar surface area (TPSA) is 174 Å². The van der Waals surface area contributed by atoms with E-state index in [1.54, 1.807) is 20.8 Å². The zero-order valence-corrected chi connectivity index (χ0v) is 35.8. The summed E-state index contributed by atoms with van der Waals surface area (Å²) in [7, 11) is -5.02. The summed E-state index contributed by atoms with van der Waals surface area (Å²) in [6, 6.07) is 0. The monoisotopic (exact) mass is 946 g/mol. The van der Waals surface area contributed by atoms with Crippen LogP contribution in [0.5, 0.6) is 0 Å². The minimum atomic E-state index is -6.28. The highest BCUT2D eigenvalue weighted by Crippen LogP contribution is 2.64. The molecule has 0 spiro atoms. The predicted molar refractivity (Wildman–Crippen MR) is 191 cm³/mol. The Morgan fingerprint density at radius 1 is 0.677 bits per heavy atom. The van der Waals surface area contributed by atoms with E-state index in [1.165, 1.54) is 13.8 Å². The van der Waals surface area contributed by atoms with Gasteiger partial charge < -0.3 is 24.4 Å². The highest BCUT2D eigenvalue weighted by molar-refractivity contribution is 7.85. The number of hydrogen-bond donors (Lipinski definition) is 3. The van der Waals surface area contributed by atoms with Crippen LogP contribution in [-0.2, 0) is 38.7 Å². The quantitative estimate of drug-likeness (QED) is 0.0740. The third-order valence-electron chi connectivity index (χ3n) is 13.4. The highest BCUT2D eigenvalue weighted by atomic mass is 32.2. The predicted octanol–water partition coefficient (Wildman–Crippen LogP) is 8.59. The van der Waals surface area contributed by atoms with E-state index in [9.17, 15) is 85.7 Å². The first kappa shape index (κ1) is 53.7. The summed E-state index contributed by atoms with van der Waals surface area (Å²) in [5, 5.41) is 19.6. The Morgan fingerprint density at radius 3 is 1.53 bits per heavy atom. The number of aliphatic hydroxyl groups is 2. The Balaban J connectivity index is 0.000000330. The normalized spacial score (nSPS) is 30.1. The van der Waals surface area contributed by atoms with E-state index >= 15 is 0 Å². The first-order chi connectivity index (χ1) is 27.5. The number of carbonyl (C=O) groups is 3. The van der Waals surface area contributed by atoms with Gasteiger partial charge in [-0.05, 0) is 111 Å². The third kappa shape index (κ3) is 11.4. The molecule has 7 atom stereocenters. The number of esters is 3. The van der Waals surface area contributed by atoms with Gasteiger partial charge in [-0.1, -0.05) is 13.8 Å². The summed E-state index contributed by atoms with van der Waals surface area (Å²) in [6.45, 7) is 9.88. The van der Waals surface area contributed by atoms with E-state index in [0.717, 1.165) is 6.42 Å². The van der Waals surface area contributed by atoms with Crippen molar-refractivity contribution in [1.29, 1.82) is 0 Å². The summed E-state index contributed by atoms with van der Waals surface area (Å²) >= 11 is 0. The zero-order valence-electron chi connectivity index (χ0n) is 35.0. The molecule has 362 valence electrons. The molecular weight excluding hydrogens is 892 g/mol. The van der Waals surface area contributed by atoms with Crippen LogP contribution in [-0.4, -0.2) is 101 Å². The van der Waals surface area contributed by atoms with Gasteiger partial charge >= 0.3 is 42.6 Å². The largest absolute Gasteiger partial charge is 0.462 e. The van der Waals surface area contributed by atoms with Gasteiger partial charge in [-0.15, -0.1) is 0 Å². The summed E-state index contributed by atoms with van der Waals surface area (Å²) in [4.78, 5) is 38.0. The van der Waals surface area contributed by atoms with Crippen LogP contribution in [0.1, 0.15) is 119 Å². The van der Waals surface area contributed by atoms with E-state index in [0.29, 0.717) is 32.1 Å². The summed E-state index contributed by atoms with van der Waals surface area (Å²) in [6.07, 6.45) is -28.0. The molecule has 0 amide bonds.